The zero-order valence-corrected chi connectivity index (χ0v) is 18.4. The van der Waals surface area contributed by atoms with E-state index in [1.807, 2.05) is 37.3 Å². The number of nitrogens with zero attached hydrogens (tertiary/aromatic N) is 1. The van der Waals surface area contributed by atoms with Crippen molar-refractivity contribution in [2.75, 3.05) is 10.6 Å². The molecule has 2 aromatic rings. The number of rotatable bonds is 8. The van der Waals surface area contributed by atoms with Crippen LogP contribution in [0.2, 0.25) is 10.0 Å². The second kappa shape index (κ2) is 9.63. The summed E-state index contributed by atoms with van der Waals surface area (Å²) in [5, 5.41) is 3.42. The Bertz CT molecular complexity index is 920. The van der Waals surface area contributed by atoms with E-state index in [0.717, 1.165) is 23.4 Å². The van der Waals surface area contributed by atoms with Gasteiger partial charge in [-0.2, -0.15) is 0 Å². The molecule has 1 N–H and O–H groups in total. The Kier molecular flexibility index (Phi) is 7.75. The van der Waals surface area contributed by atoms with Gasteiger partial charge in [0.1, 0.15) is 6.04 Å². The number of amides is 1. The van der Waals surface area contributed by atoms with Crippen molar-refractivity contribution in [3.05, 3.63) is 64.1 Å². The maximum absolute atomic E-state index is 12.7. The molecular weight excluding hydrogens is 419 g/mol. The van der Waals surface area contributed by atoms with Gasteiger partial charge in [0.25, 0.3) is 0 Å². The van der Waals surface area contributed by atoms with Gasteiger partial charge in [-0.1, -0.05) is 53.5 Å². The molecule has 0 saturated heterocycles. The molecular formula is C20H24Cl2N2O3S. The zero-order chi connectivity index (χ0) is 20.9. The zero-order valence-electron chi connectivity index (χ0n) is 16.0. The van der Waals surface area contributed by atoms with Gasteiger partial charge < -0.3 is 5.32 Å². The molecule has 8 heteroatoms. The molecule has 5 nitrogen and oxygen atoms in total. The molecule has 0 saturated carbocycles. The molecule has 152 valence electrons. The number of sulfonamides is 1. The number of hydrogen-bond donors (Lipinski definition) is 1. The van der Waals surface area contributed by atoms with Crippen LogP contribution < -0.4 is 9.62 Å². The number of anilines is 1. The highest BCUT2D eigenvalue weighted by molar-refractivity contribution is 7.92. The van der Waals surface area contributed by atoms with Crippen LogP contribution in [0.4, 0.5) is 5.69 Å². The molecule has 0 aliphatic carbocycles. The molecule has 0 heterocycles. The van der Waals surface area contributed by atoms with Crippen molar-refractivity contribution in [2.24, 2.45) is 0 Å². The van der Waals surface area contributed by atoms with Crippen LogP contribution in [0, 0.1) is 0 Å². The lowest BCUT2D eigenvalue weighted by Gasteiger charge is -2.30. The number of hydrogen-bond acceptors (Lipinski definition) is 3. The molecule has 0 fully saturated rings. The Morgan fingerprint density at radius 3 is 2.36 bits per heavy atom. The van der Waals surface area contributed by atoms with Crippen LogP contribution in [0.3, 0.4) is 0 Å². The molecule has 0 bridgehead atoms. The van der Waals surface area contributed by atoms with E-state index in [4.69, 9.17) is 23.2 Å². The topological polar surface area (TPSA) is 66.5 Å². The van der Waals surface area contributed by atoms with Gasteiger partial charge in [-0.15, -0.1) is 0 Å². The number of halogens is 2. The van der Waals surface area contributed by atoms with Gasteiger partial charge in [-0.3, -0.25) is 9.10 Å². The Morgan fingerprint density at radius 2 is 1.75 bits per heavy atom. The van der Waals surface area contributed by atoms with Crippen molar-refractivity contribution in [1.82, 2.24) is 5.32 Å². The summed E-state index contributed by atoms with van der Waals surface area (Å²) in [6.07, 6.45) is 2.58. The van der Waals surface area contributed by atoms with E-state index in [1.165, 1.54) is 24.6 Å². The first-order valence-electron chi connectivity index (χ1n) is 8.88. The minimum Gasteiger partial charge on any atom is -0.352 e. The minimum atomic E-state index is -3.76. The van der Waals surface area contributed by atoms with Gasteiger partial charge in [0.05, 0.1) is 17.0 Å². The Morgan fingerprint density at radius 1 is 1.11 bits per heavy atom. The molecule has 0 radical (unpaired) electrons. The summed E-state index contributed by atoms with van der Waals surface area (Å²) < 4.78 is 25.8. The predicted octanol–water partition coefficient (Wildman–Crippen LogP) is 4.29. The first-order valence-corrected chi connectivity index (χ1v) is 11.5. The SMILES string of the molecule is C[C@H](CCc1ccccc1)NC(=O)[C@@H](C)N(c1cc(Cl)ccc1Cl)S(C)(=O)=O. The highest BCUT2D eigenvalue weighted by Crippen LogP contribution is 2.32. The summed E-state index contributed by atoms with van der Waals surface area (Å²) >= 11 is 12.2. The Hall–Kier alpha value is -1.76. The number of aryl methyl sites for hydroxylation is 1. The number of carbonyl (C=O) groups excluding carboxylic acids is 1. The van der Waals surface area contributed by atoms with Gasteiger partial charge in [0.15, 0.2) is 0 Å². The van der Waals surface area contributed by atoms with Crippen molar-refractivity contribution in [3.8, 4) is 0 Å². The van der Waals surface area contributed by atoms with Crippen molar-refractivity contribution < 1.29 is 13.2 Å². The highest BCUT2D eigenvalue weighted by Gasteiger charge is 2.31. The molecule has 0 aromatic heterocycles. The third kappa shape index (κ3) is 6.12. The lowest BCUT2D eigenvalue weighted by molar-refractivity contribution is -0.122. The van der Waals surface area contributed by atoms with Gasteiger partial charge in [0, 0.05) is 11.1 Å². The van der Waals surface area contributed by atoms with Gasteiger partial charge >= 0.3 is 0 Å². The molecule has 0 aliphatic rings. The van der Waals surface area contributed by atoms with Crippen molar-refractivity contribution in [2.45, 2.75) is 38.8 Å². The fraction of sp³-hybridized carbons (Fsp3) is 0.350. The number of nitrogens with one attached hydrogen (secondary N) is 1. The van der Waals surface area contributed by atoms with E-state index in [2.05, 4.69) is 5.32 Å². The molecule has 2 rings (SSSR count). The van der Waals surface area contributed by atoms with Crippen LogP contribution in [0.15, 0.2) is 48.5 Å². The van der Waals surface area contributed by atoms with Crippen LogP contribution in [0.5, 0.6) is 0 Å². The predicted molar refractivity (Wildman–Crippen MR) is 116 cm³/mol. The first kappa shape index (κ1) is 22.5. The molecule has 1 amide bonds. The largest absolute Gasteiger partial charge is 0.352 e. The quantitative estimate of drug-likeness (QED) is 0.662. The summed E-state index contributed by atoms with van der Waals surface area (Å²) in [5.74, 6) is -0.401. The summed E-state index contributed by atoms with van der Waals surface area (Å²) in [5.41, 5.74) is 1.36. The average molecular weight is 443 g/mol. The molecule has 0 unspecified atom stereocenters. The van der Waals surface area contributed by atoms with E-state index >= 15 is 0 Å². The normalized spacial score (nSPS) is 13.6. The second-order valence-electron chi connectivity index (χ2n) is 6.76. The lowest BCUT2D eigenvalue weighted by atomic mass is 10.1. The fourth-order valence-electron chi connectivity index (χ4n) is 2.90. The molecule has 2 atom stereocenters. The van der Waals surface area contributed by atoms with Crippen molar-refractivity contribution >= 4 is 44.8 Å². The summed E-state index contributed by atoms with van der Waals surface area (Å²) in [6, 6.07) is 13.4. The van der Waals surface area contributed by atoms with E-state index in [1.54, 1.807) is 6.07 Å². The van der Waals surface area contributed by atoms with Crippen LogP contribution in [-0.2, 0) is 21.2 Å². The van der Waals surface area contributed by atoms with Crippen molar-refractivity contribution in [1.29, 1.82) is 0 Å². The van der Waals surface area contributed by atoms with Gasteiger partial charge in [-0.05, 0) is 50.5 Å². The second-order valence-corrected chi connectivity index (χ2v) is 9.47. The van der Waals surface area contributed by atoms with E-state index in [0.29, 0.717) is 5.02 Å². The maximum atomic E-state index is 12.7. The van der Waals surface area contributed by atoms with Crippen LogP contribution in [-0.4, -0.2) is 32.7 Å². The standard InChI is InChI=1S/C20H24Cl2N2O3S/c1-14(9-10-16-7-5-4-6-8-16)23-20(25)15(2)24(28(3,26)27)19-13-17(21)11-12-18(19)22/h4-8,11-15H,9-10H2,1-3H3,(H,23,25)/t14-,15-/m1/s1. The third-order valence-electron chi connectivity index (χ3n) is 4.33. The van der Waals surface area contributed by atoms with Crippen LogP contribution in [0.1, 0.15) is 25.8 Å². The number of benzene rings is 2. The Labute approximate surface area is 176 Å². The molecule has 2 aromatic carbocycles. The minimum absolute atomic E-state index is 0.119. The summed E-state index contributed by atoms with van der Waals surface area (Å²) in [6.45, 7) is 3.42. The van der Waals surface area contributed by atoms with Crippen LogP contribution >= 0.6 is 23.2 Å². The lowest BCUT2D eigenvalue weighted by Crippen LogP contribution is -2.50. The number of carbonyl (C=O) groups is 1. The van der Waals surface area contributed by atoms with E-state index in [-0.39, 0.29) is 16.8 Å². The monoisotopic (exact) mass is 442 g/mol. The summed E-state index contributed by atoms with van der Waals surface area (Å²) in [4.78, 5) is 12.7. The average Bonchev–Trinajstić information content (AvgIpc) is 2.62. The third-order valence-corrected chi connectivity index (χ3v) is 6.11. The van der Waals surface area contributed by atoms with Gasteiger partial charge in [-0.25, -0.2) is 8.42 Å². The van der Waals surface area contributed by atoms with E-state index < -0.39 is 22.0 Å². The van der Waals surface area contributed by atoms with Crippen LogP contribution in [0.25, 0.3) is 0 Å². The van der Waals surface area contributed by atoms with Crippen molar-refractivity contribution in [3.63, 3.8) is 0 Å². The van der Waals surface area contributed by atoms with E-state index in [9.17, 15) is 13.2 Å². The molecule has 0 spiro atoms. The maximum Gasteiger partial charge on any atom is 0.243 e. The smallest absolute Gasteiger partial charge is 0.243 e. The summed E-state index contributed by atoms with van der Waals surface area (Å²) in [7, 11) is -3.76. The Balaban J connectivity index is 2.12. The fourth-order valence-corrected chi connectivity index (χ4v) is 4.50. The molecule has 0 aliphatic heterocycles. The van der Waals surface area contributed by atoms with Gasteiger partial charge in [0.2, 0.25) is 15.9 Å². The first-order chi connectivity index (χ1) is 13.1. The molecule has 28 heavy (non-hydrogen) atoms. The highest BCUT2D eigenvalue weighted by atomic mass is 35.5.